The fourth-order valence-electron chi connectivity index (χ4n) is 3.89. The summed E-state index contributed by atoms with van der Waals surface area (Å²) < 4.78 is 64.8. The van der Waals surface area contributed by atoms with E-state index in [2.05, 4.69) is 15.3 Å². The fraction of sp³-hybridized carbons (Fsp3) is 0.429. The number of ether oxygens (including phenoxy) is 2. The van der Waals surface area contributed by atoms with E-state index in [1.807, 2.05) is 0 Å². The highest BCUT2D eigenvalue weighted by molar-refractivity contribution is 7.90. The first-order valence-corrected chi connectivity index (χ1v) is 12.5. The predicted octanol–water partition coefficient (Wildman–Crippen LogP) is 5.01. The van der Waals surface area contributed by atoms with Crippen LogP contribution in [0.25, 0.3) is 11.2 Å². The van der Waals surface area contributed by atoms with Gasteiger partial charge in [0.1, 0.15) is 16.9 Å². The molecule has 1 aromatic carbocycles. The number of halogens is 3. The van der Waals surface area contributed by atoms with Crippen molar-refractivity contribution < 1.29 is 26.7 Å². The summed E-state index contributed by atoms with van der Waals surface area (Å²) in [5.41, 5.74) is 1.46. The molecule has 0 saturated carbocycles. The molecule has 2 aromatic heterocycles. The van der Waals surface area contributed by atoms with Gasteiger partial charge in [-0.15, -0.1) is 0 Å². The lowest BCUT2D eigenvalue weighted by atomic mass is 10.2. The highest BCUT2D eigenvalue weighted by Crippen LogP contribution is 2.37. The monoisotopic (exact) mass is 500 g/mol. The van der Waals surface area contributed by atoms with E-state index in [1.165, 1.54) is 23.8 Å². The van der Waals surface area contributed by atoms with Crippen LogP contribution in [0.5, 0.6) is 0 Å². The maximum Gasteiger partial charge on any atom is 0.295 e. The average molecular weight is 501 g/mol. The number of benzene rings is 1. The maximum absolute atomic E-state index is 13.9. The molecule has 0 bridgehead atoms. The first-order chi connectivity index (χ1) is 15.7. The summed E-state index contributed by atoms with van der Waals surface area (Å²) >= 11 is 6.23. The quantitative estimate of drug-likeness (QED) is 0.455. The van der Waals surface area contributed by atoms with Gasteiger partial charge in [0.2, 0.25) is 0 Å². The zero-order valence-corrected chi connectivity index (χ0v) is 19.6. The molecule has 0 radical (unpaired) electrons. The summed E-state index contributed by atoms with van der Waals surface area (Å²) in [6, 6.07) is 6.22. The van der Waals surface area contributed by atoms with Crippen LogP contribution in [0.15, 0.2) is 29.2 Å². The lowest BCUT2D eigenvalue weighted by Crippen LogP contribution is -2.20. The van der Waals surface area contributed by atoms with Gasteiger partial charge in [-0.25, -0.2) is 27.2 Å². The Morgan fingerprint density at radius 2 is 2.06 bits per heavy atom. The van der Waals surface area contributed by atoms with Crippen molar-refractivity contribution in [2.75, 3.05) is 25.3 Å². The van der Waals surface area contributed by atoms with Gasteiger partial charge in [-0.3, -0.25) is 4.57 Å². The average Bonchev–Trinajstić information content (AvgIpc) is 3.15. The molecule has 0 aliphatic carbocycles. The molecule has 1 N–H and O–H groups in total. The number of alkyl halides is 2. The second-order valence-corrected chi connectivity index (χ2v) is 10.2. The van der Waals surface area contributed by atoms with Crippen LogP contribution in [0.2, 0.25) is 5.15 Å². The normalized spacial score (nSPS) is 17.1. The van der Waals surface area contributed by atoms with E-state index >= 15 is 0 Å². The molecule has 1 fully saturated rings. The first-order valence-electron chi connectivity index (χ1n) is 10.3. The topological polar surface area (TPSA) is 95.3 Å². The van der Waals surface area contributed by atoms with Gasteiger partial charge in [-0.05, 0) is 37.0 Å². The number of rotatable bonds is 7. The molecular formula is C21H23ClF2N4O4S. The Balaban J connectivity index is 1.86. The zero-order chi connectivity index (χ0) is 23.8. The zero-order valence-electron chi connectivity index (χ0n) is 18.0. The molecule has 4 rings (SSSR count). The number of anilines is 2. The van der Waals surface area contributed by atoms with E-state index in [1.54, 1.807) is 12.1 Å². The largest absolute Gasteiger partial charge is 0.380 e. The minimum absolute atomic E-state index is 0.0299. The second-order valence-electron chi connectivity index (χ2n) is 7.79. The van der Waals surface area contributed by atoms with E-state index in [0.29, 0.717) is 18.6 Å². The van der Waals surface area contributed by atoms with E-state index in [4.69, 9.17) is 21.1 Å². The Kier molecular flexibility index (Phi) is 6.85. The number of nitrogens with zero attached hydrogens (tertiary/aromatic N) is 3. The predicted molar refractivity (Wildman–Crippen MR) is 120 cm³/mol. The molecule has 1 aliphatic heterocycles. The Morgan fingerprint density at radius 1 is 1.27 bits per heavy atom. The molecule has 1 aliphatic rings. The van der Waals surface area contributed by atoms with Crippen molar-refractivity contribution in [2.24, 2.45) is 0 Å². The van der Waals surface area contributed by atoms with Gasteiger partial charge >= 0.3 is 0 Å². The number of nitrogens with one attached hydrogen (secondary N) is 1. The van der Waals surface area contributed by atoms with Gasteiger partial charge in [0.15, 0.2) is 21.3 Å². The summed E-state index contributed by atoms with van der Waals surface area (Å²) in [5, 5.41) is 3.05. The summed E-state index contributed by atoms with van der Waals surface area (Å²) in [5.74, 6) is -0.478. The van der Waals surface area contributed by atoms with Gasteiger partial charge in [0.05, 0.1) is 22.9 Å². The van der Waals surface area contributed by atoms with Crippen LogP contribution >= 0.6 is 11.6 Å². The van der Waals surface area contributed by atoms with E-state index < -0.39 is 28.3 Å². The molecule has 1 unspecified atom stereocenters. The van der Waals surface area contributed by atoms with Gasteiger partial charge < -0.3 is 14.8 Å². The molecule has 3 aromatic rings. The Bertz CT molecular complexity index is 1280. The fourth-order valence-corrected chi connectivity index (χ4v) is 4.96. The number of pyridine rings is 1. The summed E-state index contributed by atoms with van der Waals surface area (Å²) in [4.78, 5) is 8.42. The van der Waals surface area contributed by atoms with Crippen LogP contribution in [0.3, 0.4) is 0 Å². The minimum atomic E-state index is -3.62. The standard InChI is InChI=1S/C21H23ClF2N4O4S/c1-31-11-12-6-7-13(15(9-12)33(2,29)30)25-14-10-16(22)26-20-18(14)27-21(19(23)24)28(20)17-5-3-4-8-32-17/h6-7,9-10,17,19H,3-5,8,11H2,1-2H3,(H,25,26). The van der Waals surface area contributed by atoms with E-state index in [0.717, 1.165) is 19.1 Å². The molecular weight excluding hydrogens is 478 g/mol. The Labute approximate surface area is 194 Å². The molecule has 1 atom stereocenters. The minimum Gasteiger partial charge on any atom is -0.380 e. The summed E-state index contributed by atoms with van der Waals surface area (Å²) in [6.07, 6.45) is -0.196. The van der Waals surface area contributed by atoms with Gasteiger partial charge in [-0.1, -0.05) is 17.7 Å². The first kappa shape index (κ1) is 23.8. The third-order valence-corrected chi connectivity index (χ3v) is 6.64. The number of methoxy groups -OCH3 is 1. The molecule has 1 saturated heterocycles. The van der Waals surface area contributed by atoms with E-state index in [9.17, 15) is 17.2 Å². The lowest BCUT2D eigenvalue weighted by molar-refractivity contribution is -0.0363. The van der Waals surface area contributed by atoms with Crippen LogP contribution < -0.4 is 5.32 Å². The number of sulfone groups is 1. The van der Waals surface area contributed by atoms with E-state index in [-0.39, 0.29) is 39.2 Å². The maximum atomic E-state index is 13.9. The van der Waals surface area contributed by atoms with Crippen molar-refractivity contribution >= 4 is 44.0 Å². The smallest absolute Gasteiger partial charge is 0.295 e. The van der Waals surface area contributed by atoms with Gasteiger partial charge in [-0.2, -0.15) is 0 Å². The molecule has 178 valence electrons. The lowest BCUT2D eigenvalue weighted by Gasteiger charge is -2.25. The van der Waals surface area contributed by atoms with Crippen LogP contribution in [0.1, 0.15) is 43.3 Å². The molecule has 33 heavy (non-hydrogen) atoms. The number of hydrogen-bond acceptors (Lipinski definition) is 7. The SMILES string of the molecule is COCc1ccc(Nc2cc(Cl)nc3c2nc(C(F)F)n3C2CCCCO2)c(S(C)(=O)=O)c1. The molecule has 0 spiro atoms. The van der Waals surface area contributed by atoms with Crippen LogP contribution in [-0.4, -0.2) is 42.9 Å². The molecule has 12 heteroatoms. The van der Waals surface area contributed by atoms with Crippen molar-refractivity contribution in [2.45, 2.75) is 43.4 Å². The number of aromatic nitrogens is 3. The van der Waals surface area contributed by atoms with Crippen molar-refractivity contribution in [1.82, 2.24) is 14.5 Å². The van der Waals surface area contributed by atoms with Gasteiger partial charge in [0.25, 0.3) is 6.43 Å². The third-order valence-electron chi connectivity index (χ3n) is 5.31. The van der Waals surface area contributed by atoms with Crippen LogP contribution in [-0.2, 0) is 25.9 Å². The Hall–Kier alpha value is -2.34. The summed E-state index contributed by atoms with van der Waals surface area (Å²) in [6.45, 7) is 0.682. The van der Waals surface area contributed by atoms with Crippen molar-refractivity contribution in [1.29, 1.82) is 0 Å². The second kappa shape index (κ2) is 9.49. The highest BCUT2D eigenvalue weighted by atomic mass is 35.5. The molecule has 8 nitrogen and oxygen atoms in total. The van der Waals surface area contributed by atoms with Crippen molar-refractivity contribution in [3.05, 3.63) is 40.8 Å². The molecule has 3 heterocycles. The van der Waals surface area contributed by atoms with Crippen molar-refractivity contribution in [3.63, 3.8) is 0 Å². The molecule has 0 amide bonds. The van der Waals surface area contributed by atoms with Crippen molar-refractivity contribution in [3.8, 4) is 0 Å². The number of imidazole rings is 1. The van der Waals surface area contributed by atoms with Crippen LogP contribution in [0, 0.1) is 0 Å². The Morgan fingerprint density at radius 3 is 2.70 bits per heavy atom. The third kappa shape index (κ3) is 4.96. The van der Waals surface area contributed by atoms with Crippen LogP contribution in [0.4, 0.5) is 20.2 Å². The number of hydrogen-bond donors (Lipinski definition) is 1. The highest BCUT2D eigenvalue weighted by Gasteiger charge is 2.29. The summed E-state index contributed by atoms with van der Waals surface area (Å²) in [7, 11) is -2.11. The number of fused-ring (bicyclic) bond motifs is 1. The van der Waals surface area contributed by atoms with Gasteiger partial charge in [0, 0.05) is 26.0 Å².